The number of amides is 3. The number of benzene rings is 1. The molecular weight excluding hydrogens is 308 g/mol. The molecule has 3 N–H and O–H groups in total. The number of ketones is 1. The van der Waals surface area contributed by atoms with Crippen LogP contribution in [0.5, 0.6) is 0 Å². The molecule has 0 radical (unpaired) electrons. The molecular formula is C17H20N4O3. The minimum Gasteiger partial charge on any atom is -0.355 e. The summed E-state index contributed by atoms with van der Waals surface area (Å²) < 4.78 is 0. The third-order valence-electron chi connectivity index (χ3n) is 3.52. The molecule has 2 rings (SSSR count). The molecule has 24 heavy (non-hydrogen) atoms. The number of nitrogens with one attached hydrogen (secondary N) is 3. The Labute approximate surface area is 140 Å². The first kappa shape index (κ1) is 17.5. The van der Waals surface area contributed by atoms with Gasteiger partial charge in [-0.05, 0) is 31.4 Å². The molecule has 1 fully saturated rings. The van der Waals surface area contributed by atoms with Crippen LogP contribution < -0.4 is 16.0 Å². The van der Waals surface area contributed by atoms with Crippen molar-refractivity contribution in [2.24, 2.45) is 5.92 Å². The first-order valence-corrected chi connectivity index (χ1v) is 7.94. The number of nitriles is 1. The van der Waals surface area contributed by atoms with Gasteiger partial charge < -0.3 is 16.0 Å². The monoisotopic (exact) mass is 328 g/mol. The van der Waals surface area contributed by atoms with E-state index in [1.165, 1.54) is 12.1 Å². The Bertz CT molecular complexity index is 677. The van der Waals surface area contributed by atoms with E-state index in [2.05, 4.69) is 16.0 Å². The van der Waals surface area contributed by atoms with Gasteiger partial charge in [-0.1, -0.05) is 19.1 Å². The Kier molecular flexibility index (Phi) is 5.90. The fourth-order valence-corrected chi connectivity index (χ4v) is 2.08. The van der Waals surface area contributed by atoms with Gasteiger partial charge in [-0.15, -0.1) is 0 Å². The van der Waals surface area contributed by atoms with Crippen molar-refractivity contribution in [1.29, 1.82) is 5.26 Å². The smallest absolute Gasteiger partial charge is 0.319 e. The molecule has 126 valence electrons. The first-order valence-electron chi connectivity index (χ1n) is 7.94. The predicted molar refractivity (Wildman–Crippen MR) is 88.4 cm³/mol. The van der Waals surface area contributed by atoms with Crippen molar-refractivity contribution < 1.29 is 14.4 Å². The highest BCUT2D eigenvalue weighted by molar-refractivity contribution is 6.12. The summed E-state index contributed by atoms with van der Waals surface area (Å²) in [4.78, 5) is 36.0. The van der Waals surface area contributed by atoms with Crippen LogP contribution in [0.25, 0.3) is 0 Å². The van der Waals surface area contributed by atoms with E-state index in [0.29, 0.717) is 18.7 Å². The molecule has 0 bridgehead atoms. The fourth-order valence-electron chi connectivity index (χ4n) is 2.08. The van der Waals surface area contributed by atoms with Crippen LogP contribution in [0.4, 0.5) is 10.5 Å². The summed E-state index contributed by atoms with van der Waals surface area (Å²) >= 11 is 0. The van der Waals surface area contributed by atoms with Crippen molar-refractivity contribution in [3.05, 3.63) is 29.8 Å². The van der Waals surface area contributed by atoms with E-state index in [4.69, 9.17) is 5.26 Å². The van der Waals surface area contributed by atoms with Gasteiger partial charge in [0.1, 0.15) is 0 Å². The van der Waals surface area contributed by atoms with E-state index in [1.54, 1.807) is 18.2 Å². The number of nitrogens with zero attached hydrogens (tertiary/aromatic N) is 1. The Hall–Kier alpha value is -2.88. The van der Waals surface area contributed by atoms with E-state index in [-0.39, 0.29) is 17.6 Å². The average molecular weight is 328 g/mol. The normalized spacial score (nSPS) is 14.2. The lowest BCUT2D eigenvalue weighted by atomic mass is 9.97. The van der Waals surface area contributed by atoms with Crippen molar-refractivity contribution >= 4 is 23.4 Å². The van der Waals surface area contributed by atoms with Gasteiger partial charge in [-0.2, -0.15) is 5.26 Å². The lowest BCUT2D eigenvalue weighted by Gasteiger charge is -2.11. The molecule has 1 atom stereocenters. The molecule has 0 spiro atoms. The number of anilines is 1. The topological polar surface area (TPSA) is 111 Å². The summed E-state index contributed by atoms with van der Waals surface area (Å²) in [6, 6.07) is 7.85. The van der Waals surface area contributed by atoms with Crippen LogP contribution in [0.1, 0.15) is 36.5 Å². The van der Waals surface area contributed by atoms with Crippen LogP contribution >= 0.6 is 0 Å². The van der Waals surface area contributed by atoms with Crippen LogP contribution in [0, 0.1) is 17.2 Å². The highest BCUT2D eigenvalue weighted by atomic mass is 16.2. The molecule has 7 nitrogen and oxygen atoms in total. The molecule has 1 saturated carbocycles. The maximum atomic E-state index is 12.4. The number of carbonyl (C=O) groups is 3. The minimum atomic E-state index is -1.40. The fraction of sp³-hybridized carbons (Fsp3) is 0.412. The molecule has 1 aromatic rings. The second-order valence-corrected chi connectivity index (χ2v) is 5.67. The minimum absolute atomic E-state index is 0.206. The van der Waals surface area contributed by atoms with Crippen LogP contribution in [-0.2, 0) is 4.79 Å². The van der Waals surface area contributed by atoms with Crippen LogP contribution in [0.2, 0.25) is 0 Å². The molecule has 1 aliphatic carbocycles. The Morgan fingerprint density at radius 1 is 1.33 bits per heavy atom. The number of carbonyl (C=O) groups excluding carboxylic acids is 3. The van der Waals surface area contributed by atoms with E-state index in [9.17, 15) is 14.4 Å². The van der Waals surface area contributed by atoms with Crippen LogP contribution in [-0.4, -0.2) is 30.3 Å². The second-order valence-electron chi connectivity index (χ2n) is 5.67. The molecule has 0 aromatic heterocycles. The summed E-state index contributed by atoms with van der Waals surface area (Å²) in [5.41, 5.74) is 0.641. The zero-order chi connectivity index (χ0) is 17.5. The zero-order valence-electron chi connectivity index (χ0n) is 13.5. The number of hydrogen-bond acceptors (Lipinski definition) is 4. The average Bonchev–Trinajstić information content (AvgIpc) is 3.37. The summed E-state index contributed by atoms with van der Waals surface area (Å²) in [5, 5.41) is 17.1. The molecule has 1 aromatic carbocycles. The Morgan fingerprint density at radius 2 is 2.08 bits per heavy atom. The first-order chi connectivity index (χ1) is 11.5. The SMILES string of the molecule is CCCNC(=O)C(C#N)C(=O)c1cccc(NC(=O)NC2CC2)c1. The van der Waals surface area contributed by atoms with Gasteiger partial charge in [0, 0.05) is 23.8 Å². The second kappa shape index (κ2) is 8.11. The van der Waals surface area contributed by atoms with E-state index < -0.39 is 17.6 Å². The molecule has 0 aliphatic heterocycles. The van der Waals surface area contributed by atoms with E-state index in [1.807, 2.05) is 6.92 Å². The predicted octanol–water partition coefficient (Wildman–Crippen LogP) is 1.82. The molecule has 1 unspecified atom stereocenters. The van der Waals surface area contributed by atoms with Gasteiger partial charge in [-0.25, -0.2) is 4.79 Å². The lowest BCUT2D eigenvalue weighted by Crippen LogP contribution is -2.35. The van der Waals surface area contributed by atoms with E-state index >= 15 is 0 Å². The van der Waals surface area contributed by atoms with Crippen molar-refractivity contribution in [3.63, 3.8) is 0 Å². The van der Waals surface area contributed by atoms with E-state index in [0.717, 1.165) is 12.8 Å². The van der Waals surface area contributed by atoms with Crippen molar-refractivity contribution in [2.75, 3.05) is 11.9 Å². The largest absolute Gasteiger partial charge is 0.355 e. The highest BCUT2D eigenvalue weighted by Crippen LogP contribution is 2.19. The van der Waals surface area contributed by atoms with Gasteiger partial charge in [0.05, 0.1) is 6.07 Å². The third-order valence-corrected chi connectivity index (χ3v) is 3.52. The number of rotatable bonds is 7. The summed E-state index contributed by atoms with van der Waals surface area (Å²) in [7, 11) is 0. The standard InChI is InChI=1S/C17H20N4O3/c1-2-8-19-16(23)14(10-18)15(22)11-4-3-5-13(9-11)21-17(24)20-12-6-7-12/h3-5,9,12,14H,2,6-8H2,1H3,(H,19,23)(H2,20,21,24). The Balaban J connectivity index is 2.05. The Morgan fingerprint density at radius 3 is 2.71 bits per heavy atom. The summed E-state index contributed by atoms with van der Waals surface area (Å²) in [6.07, 6.45) is 2.67. The van der Waals surface area contributed by atoms with Crippen molar-refractivity contribution in [3.8, 4) is 6.07 Å². The van der Waals surface area contributed by atoms with Crippen molar-refractivity contribution in [1.82, 2.24) is 10.6 Å². The quantitative estimate of drug-likeness (QED) is 0.523. The van der Waals surface area contributed by atoms with Crippen molar-refractivity contribution in [2.45, 2.75) is 32.2 Å². The van der Waals surface area contributed by atoms with Gasteiger partial charge in [-0.3, -0.25) is 9.59 Å². The summed E-state index contributed by atoms with van der Waals surface area (Å²) in [5.74, 6) is -2.58. The number of urea groups is 1. The van der Waals surface area contributed by atoms with Crippen LogP contribution in [0.15, 0.2) is 24.3 Å². The van der Waals surface area contributed by atoms with Gasteiger partial charge >= 0.3 is 6.03 Å². The number of hydrogen-bond donors (Lipinski definition) is 3. The van der Waals surface area contributed by atoms with Crippen LogP contribution in [0.3, 0.4) is 0 Å². The van der Waals surface area contributed by atoms with Gasteiger partial charge in [0.25, 0.3) is 0 Å². The molecule has 3 amide bonds. The maximum Gasteiger partial charge on any atom is 0.319 e. The summed E-state index contributed by atoms with van der Waals surface area (Å²) in [6.45, 7) is 2.29. The lowest BCUT2D eigenvalue weighted by molar-refractivity contribution is -0.122. The maximum absolute atomic E-state index is 12.4. The highest BCUT2D eigenvalue weighted by Gasteiger charge is 2.27. The number of Topliss-reactive ketones (excluding diaryl/α,β-unsaturated/α-hetero) is 1. The van der Waals surface area contributed by atoms with Gasteiger partial charge in [0.15, 0.2) is 11.7 Å². The molecule has 7 heteroatoms. The molecule has 1 aliphatic rings. The zero-order valence-corrected chi connectivity index (χ0v) is 13.5. The third kappa shape index (κ3) is 4.81. The molecule has 0 heterocycles. The molecule has 0 saturated heterocycles. The van der Waals surface area contributed by atoms with Gasteiger partial charge in [0.2, 0.25) is 5.91 Å².